The fourth-order valence-corrected chi connectivity index (χ4v) is 5.59. The topological polar surface area (TPSA) is 114 Å². The predicted octanol–water partition coefficient (Wildman–Crippen LogP) is 1.05. The van der Waals surface area contributed by atoms with Gasteiger partial charge in [-0.3, -0.25) is 14.5 Å². The van der Waals surface area contributed by atoms with E-state index >= 15 is 0 Å². The Morgan fingerprint density at radius 1 is 1.12 bits per heavy atom. The normalized spacial score (nSPS) is 20.3. The summed E-state index contributed by atoms with van der Waals surface area (Å²) in [7, 11) is -3.86. The lowest BCUT2D eigenvalue weighted by Gasteiger charge is -2.48. The first kappa shape index (κ1) is 24.6. The van der Waals surface area contributed by atoms with E-state index in [1.165, 1.54) is 25.5 Å². The number of carbonyl (C=O) groups is 2. The molecule has 1 aromatic rings. The summed E-state index contributed by atoms with van der Waals surface area (Å²) in [6.07, 6.45) is 5.49. The fraction of sp³-hybridized carbons (Fsp3) is 0.636. The van der Waals surface area contributed by atoms with Crippen molar-refractivity contribution in [2.45, 2.75) is 55.5 Å². The summed E-state index contributed by atoms with van der Waals surface area (Å²) >= 11 is 0. The van der Waals surface area contributed by atoms with Crippen LogP contribution in [-0.2, 0) is 29.1 Å². The molecule has 2 aliphatic rings. The van der Waals surface area contributed by atoms with Gasteiger partial charge in [-0.05, 0) is 31.9 Å². The van der Waals surface area contributed by atoms with Gasteiger partial charge in [0, 0.05) is 25.2 Å². The number of carbonyl (C=O) groups excluding carboxylic acids is 2. The maximum Gasteiger partial charge on any atom is 0.324 e. The monoisotopic (exact) mass is 467 g/mol. The van der Waals surface area contributed by atoms with Crippen molar-refractivity contribution in [2.24, 2.45) is 0 Å². The van der Waals surface area contributed by atoms with E-state index in [-0.39, 0.29) is 10.4 Å². The van der Waals surface area contributed by atoms with Crippen molar-refractivity contribution in [1.82, 2.24) is 14.9 Å². The van der Waals surface area contributed by atoms with Crippen LogP contribution in [0.1, 0.15) is 39.0 Å². The summed E-state index contributed by atoms with van der Waals surface area (Å²) in [6.45, 7) is 4.53. The summed E-state index contributed by atoms with van der Waals surface area (Å²) in [5.74, 6) is -1.20. The van der Waals surface area contributed by atoms with E-state index in [1.807, 2.05) is 0 Å². The number of morpholine rings is 1. The van der Waals surface area contributed by atoms with E-state index in [4.69, 9.17) is 9.47 Å². The van der Waals surface area contributed by atoms with Crippen molar-refractivity contribution < 1.29 is 27.5 Å². The quantitative estimate of drug-likeness (QED) is 0.522. The van der Waals surface area contributed by atoms with Crippen LogP contribution < -0.4 is 10.0 Å². The maximum absolute atomic E-state index is 12.4. The molecule has 1 aliphatic carbocycles. The molecule has 9 nitrogen and oxygen atoms in total. The van der Waals surface area contributed by atoms with Gasteiger partial charge in [0.15, 0.2) is 6.61 Å². The van der Waals surface area contributed by atoms with Crippen LogP contribution in [0.25, 0.3) is 0 Å². The molecule has 3 rings (SSSR count). The van der Waals surface area contributed by atoms with E-state index in [2.05, 4.69) is 14.9 Å². The molecular formula is C22H33N3O6S. The molecule has 1 saturated heterocycles. The van der Waals surface area contributed by atoms with Gasteiger partial charge in [0.05, 0.1) is 18.1 Å². The summed E-state index contributed by atoms with van der Waals surface area (Å²) in [4.78, 5) is 27.1. The molecule has 2 fully saturated rings. The van der Waals surface area contributed by atoms with Crippen molar-refractivity contribution in [3.63, 3.8) is 0 Å². The molecule has 1 atom stereocenters. The van der Waals surface area contributed by atoms with Gasteiger partial charge in [0.1, 0.15) is 6.04 Å². The molecular weight excluding hydrogens is 434 g/mol. The average Bonchev–Trinajstić information content (AvgIpc) is 2.82. The van der Waals surface area contributed by atoms with Crippen molar-refractivity contribution in [3.05, 3.63) is 30.3 Å². The first-order chi connectivity index (χ1) is 15.3. The number of esters is 1. The summed E-state index contributed by atoms with van der Waals surface area (Å²) in [5, 5.41) is 2.92. The Morgan fingerprint density at radius 3 is 2.44 bits per heavy atom. The second-order valence-electron chi connectivity index (χ2n) is 8.42. The average molecular weight is 468 g/mol. The van der Waals surface area contributed by atoms with E-state index in [9.17, 15) is 18.0 Å². The van der Waals surface area contributed by atoms with Crippen LogP contribution in [0, 0.1) is 0 Å². The van der Waals surface area contributed by atoms with Crippen LogP contribution in [-0.4, -0.2) is 76.2 Å². The highest BCUT2D eigenvalue weighted by Gasteiger charge is 2.38. The molecule has 10 heteroatoms. The number of sulfonamides is 1. The molecule has 1 aliphatic heterocycles. The van der Waals surface area contributed by atoms with Gasteiger partial charge in [0.25, 0.3) is 5.91 Å². The third-order valence-electron chi connectivity index (χ3n) is 6.17. The van der Waals surface area contributed by atoms with Crippen molar-refractivity contribution >= 4 is 21.9 Å². The number of amides is 1. The smallest absolute Gasteiger partial charge is 0.324 e. The number of ether oxygens (including phenoxy) is 2. The zero-order chi connectivity index (χ0) is 23.0. The van der Waals surface area contributed by atoms with Crippen LogP contribution in [0.3, 0.4) is 0 Å². The Labute approximate surface area is 189 Å². The molecule has 1 amide bonds. The Balaban J connectivity index is 1.47. The molecule has 0 radical (unpaired) electrons. The second-order valence-corrected chi connectivity index (χ2v) is 10.1. The summed E-state index contributed by atoms with van der Waals surface area (Å²) in [5.41, 5.74) is -0.0830. The van der Waals surface area contributed by atoms with E-state index in [0.29, 0.717) is 19.8 Å². The molecule has 0 aromatic heterocycles. The van der Waals surface area contributed by atoms with Gasteiger partial charge in [-0.1, -0.05) is 37.5 Å². The van der Waals surface area contributed by atoms with Crippen LogP contribution in [0.2, 0.25) is 0 Å². The number of hydrogen-bond acceptors (Lipinski definition) is 7. The number of rotatable bonds is 9. The zero-order valence-electron chi connectivity index (χ0n) is 18.5. The Kier molecular flexibility index (Phi) is 8.64. The Hall–Kier alpha value is -2.01. The molecule has 1 aromatic carbocycles. The number of benzene rings is 1. The maximum atomic E-state index is 12.4. The highest BCUT2D eigenvalue weighted by molar-refractivity contribution is 7.89. The van der Waals surface area contributed by atoms with Gasteiger partial charge in [-0.25, -0.2) is 8.42 Å². The highest BCUT2D eigenvalue weighted by Crippen LogP contribution is 2.33. The van der Waals surface area contributed by atoms with Gasteiger partial charge in [-0.2, -0.15) is 4.72 Å². The Bertz CT molecular complexity index is 865. The molecule has 32 heavy (non-hydrogen) atoms. The molecule has 1 heterocycles. The minimum atomic E-state index is -3.86. The fourth-order valence-electron chi connectivity index (χ4n) is 4.38. The molecule has 0 unspecified atom stereocenters. The first-order valence-electron chi connectivity index (χ1n) is 11.2. The largest absolute Gasteiger partial charge is 0.454 e. The van der Waals surface area contributed by atoms with Gasteiger partial charge in [0.2, 0.25) is 10.0 Å². The van der Waals surface area contributed by atoms with Gasteiger partial charge in [-0.15, -0.1) is 0 Å². The lowest BCUT2D eigenvalue weighted by atomic mass is 9.79. The van der Waals surface area contributed by atoms with Crippen molar-refractivity contribution in [2.75, 3.05) is 39.5 Å². The summed E-state index contributed by atoms with van der Waals surface area (Å²) in [6, 6.07) is 6.64. The standard InChI is InChI=1S/C22H33N3O6S/c1-18(24-32(28,29)19-8-4-2-5-9-19)21(27)31-16-20(26)23-17-22(10-6-3-7-11-22)25-12-14-30-15-13-25/h2,4-5,8-9,18,24H,3,6-7,10-17H2,1H3,(H,23,26)/t18-/m0/s1. The predicted molar refractivity (Wildman–Crippen MR) is 118 cm³/mol. The minimum Gasteiger partial charge on any atom is -0.454 e. The first-order valence-corrected chi connectivity index (χ1v) is 12.6. The molecule has 0 spiro atoms. The van der Waals surface area contributed by atoms with Crippen molar-refractivity contribution in [3.8, 4) is 0 Å². The summed E-state index contributed by atoms with van der Waals surface area (Å²) < 4.78 is 37.5. The molecule has 1 saturated carbocycles. The van der Waals surface area contributed by atoms with Gasteiger partial charge >= 0.3 is 5.97 Å². The van der Waals surface area contributed by atoms with E-state index < -0.39 is 34.5 Å². The Morgan fingerprint density at radius 2 is 1.78 bits per heavy atom. The third kappa shape index (κ3) is 6.50. The van der Waals surface area contributed by atoms with E-state index in [1.54, 1.807) is 18.2 Å². The zero-order valence-corrected chi connectivity index (χ0v) is 19.4. The third-order valence-corrected chi connectivity index (χ3v) is 7.72. The SMILES string of the molecule is C[C@H](NS(=O)(=O)c1ccccc1)C(=O)OCC(=O)NCC1(N2CCOCC2)CCCCC1. The van der Waals surface area contributed by atoms with Crippen LogP contribution in [0.5, 0.6) is 0 Å². The lowest BCUT2D eigenvalue weighted by molar-refractivity contribution is -0.150. The van der Waals surface area contributed by atoms with Crippen LogP contribution in [0.15, 0.2) is 35.2 Å². The minimum absolute atomic E-state index is 0.0540. The van der Waals surface area contributed by atoms with E-state index in [0.717, 1.165) is 38.8 Å². The number of hydrogen-bond donors (Lipinski definition) is 2. The van der Waals surface area contributed by atoms with Crippen LogP contribution in [0.4, 0.5) is 0 Å². The molecule has 178 valence electrons. The lowest BCUT2D eigenvalue weighted by Crippen LogP contribution is -2.60. The molecule has 0 bridgehead atoms. The van der Waals surface area contributed by atoms with Crippen LogP contribution >= 0.6 is 0 Å². The number of nitrogens with zero attached hydrogens (tertiary/aromatic N) is 1. The van der Waals surface area contributed by atoms with Gasteiger partial charge < -0.3 is 14.8 Å². The van der Waals surface area contributed by atoms with Crippen molar-refractivity contribution in [1.29, 1.82) is 0 Å². The second kappa shape index (κ2) is 11.2. The number of nitrogens with one attached hydrogen (secondary N) is 2. The molecule has 2 N–H and O–H groups in total. The highest BCUT2D eigenvalue weighted by atomic mass is 32.2.